The molecule has 2 rings (SSSR count). The van der Waals surface area contributed by atoms with Gasteiger partial charge in [0, 0.05) is 23.2 Å². The lowest BCUT2D eigenvalue weighted by Gasteiger charge is -2.25. The summed E-state index contributed by atoms with van der Waals surface area (Å²) in [4.78, 5) is 11.7. The largest absolute Gasteiger partial charge is 0.342 e. The molecule has 0 atom stereocenters. The van der Waals surface area contributed by atoms with Crippen molar-refractivity contribution in [1.29, 1.82) is 0 Å². The van der Waals surface area contributed by atoms with Crippen LogP contribution in [0.3, 0.4) is 0 Å². The number of pyridine rings is 1. The van der Waals surface area contributed by atoms with Gasteiger partial charge >= 0.3 is 0 Å². The van der Waals surface area contributed by atoms with E-state index in [0.29, 0.717) is 10.9 Å². The number of halogens is 2. The summed E-state index contributed by atoms with van der Waals surface area (Å²) in [6.45, 7) is 6.02. The summed E-state index contributed by atoms with van der Waals surface area (Å²) in [5, 5.41) is 0.380. The molecule has 0 saturated carbocycles. The Morgan fingerprint density at radius 1 is 1.29 bits per heavy atom. The maximum atomic E-state index is 13.4. The first-order chi connectivity index (χ1) is 7.80. The first kappa shape index (κ1) is 12.1. The highest BCUT2D eigenvalue weighted by atomic mass is 35.5. The number of nitrogens with zero attached hydrogens (tertiary/aromatic N) is 1. The fraction of sp³-hybridized carbons (Fsp3) is 0.308. The average molecular weight is 254 g/mol. The van der Waals surface area contributed by atoms with Crippen molar-refractivity contribution in [3.05, 3.63) is 45.5 Å². The van der Waals surface area contributed by atoms with Crippen LogP contribution in [0.4, 0.5) is 4.39 Å². The molecule has 0 radical (unpaired) electrons. The van der Waals surface area contributed by atoms with Gasteiger partial charge in [0.1, 0.15) is 5.82 Å². The first-order valence-electron chi connectivity index (χ1n) is 5.31. The summed E-state index contributed by atoms with van der Waals surface area (Å²) in [5.74, 6) is -0.567. The standard InChI is InChI=1S/C13H13ClFNO/c1-13(2,3)16-5-4-12(17)8-6-10(15)9(14)7-11(8)16/h4-7H,1-3H3. The molecule has 0 aliphatic carbocycles. The van der Waals surface area contributed by atoms with Gasteiger partial charge in [-0.25, -0.2) is 4.39 Å². The Bertz CT molecular complexity index is 640. The zero-order chi connectivity index (χ0) is 12.8. The zero-order valence-electron chi connectivity index (χ0n) is 9.92. The second-order valence-electron chi connectivity index (χ2n) is 5.00. The normalized spacial score (nSPS) is 12.1. The number of rotatable bonds is 0. The second-order valence-corrected chi connectivity index (χ2v) is 5.41. The van der Waals surface area contributed by atoms with E-state index in [1.165, 1.54) is 18.2 Å². The van der Waals surface area contributed by atoms with E-state index in [4.69, 9.17) is 11.6 Å². The summed E-state index contributed by atoms with van der Waals surface area (Å²) in [6, 6.07) is 4.14. The highest BCUT2D eigenvalue weighted by molar-refractivity contribution is 6.31. The second kappa shape index (κ2) is 3.84. The molecule has 2 nitrogen and oxygen atoms in total. The summed E-state index contributed by atoms with van der Waals surface area (Å²) in [5.41, 5.74) is 0.250. The lowest BCUT2D eigenvalue weighted by atomic mass is 10.1. The molecule has 0 bridgehead atoms. The van der Waals surface area contributed by atoms with Crippen LogP contribution in [-0.4, -0.2) is 4.57 Å². The van der Waals surface area contributed by atoms with Crippen molar-refractivity contribution in [3.63, 3.8) is 0 Å². The van der Waals surface area contributed by atoms with E-state index in [1.54, 1.807) is 6.20 Å². The van der Waals surface area contributed by atoms with Crippen LogP contribution in [0, 0.1) is 5.82 Å². The Morgan fingerprint density at radius 2 is 1.94 bits per heavy atom. The lowest BCUT2D eigenvalue weighted by molar-refractivity contribution is 0.408. The van der Waals surface area contributed by atoms with Gasteiger partial charge in [-0.3, -0.25) is 4.79 Å². The van der Waals surface area contributed by atoms with Crippen molar-refractivity contribution in [2.24, 2.45) is 0 Å². The number of fused-ring (bicyclic) bond motifs is 1. The molecule has 0 N–H and O–H groups in total. The van der Waals surface area contributed by atoms with Crippen molar-refractivity contribution in [2.75, 3.05) is 0 Å². The lowest BCUT2D eigenvalue weighted by Crippen LogP contribution is -2.24. The minimum absolute atomic E-state index is 0.0288. The Labute approximate surface area is 104 Å². The predicted molar refractivity (Wildman–Crippen MR) is 68.2 cm³/mol. The van der Waals surface area contributed by atoms with Crippen molar-refractivity contribution in [1.82, 2.24) is 4.57 Å². The van der Waals surface area contributed by atoms with Crippen molar-refractivity contribution in [3.8, 4) is 0 Å². The number of hydrogen-bond donors (Lipinski definition) is 0. The molecule has 0 amide bonds. The quantitative estimate of drug-likeness (QED) is 0.704. The minimum atomic E-state index is -0.567. The van der Waals surface area contributed by atoms with Gasteiger partial charge in [-0.1, -0.05) is 11.6 Å². The van der Waals surface area contributed by atoms with E-state index in [2.05, 4.69) is 0 Å². The summed E-state index contributed by atoms with van der Waals surface area (Å²) in [6.07, 6.45) is 1.71. The topological polar surface area (TPSA) is 22.0 Å². The Morgan fingerprint density at radius 3 is 2.53 bits per heavy atom. The number of aromatic nitrogens is 1. The van der Waals surface area contributed by atoms with Crippen molar-refractivity contribution in [2.45, 2.75) is 26.3 Å². The Kier molecular flexibility index (Phi) is 2.74. The molecule has 4 heteroatoms. The van der Waals surface area contributed by atoms with Gasteiger partial charge in [-0.15, -0.1) is 0 Å². The van der Waals surface area contributed by atoms with E-state index in [-0.39, 0.29) is 16.0 Å². The van der Waals surface area contributed by atoms with Gasteiger partial charge < -0.3 is 4.57 Å². The van der Waals surface area contributed by atoms with Crippen LogP contribution in [-0.2, 0) is 5.54 Å². The van der Waals surface area contributed by atoms with Crippen LogP contribution >= 0.6 is 11.6 Å². The molecule has 0 unspecified atom stereocenters. The summed E-state index contributed by atoms with van der Waals surface area (Å²) >= 11 is 5.77. The minimum Gasteiger partial charge on any atom is -0.342 e. The third kappa shape index (κ3) is 2.07. The smallest absolute Gasteiger partial charge is 0.189 e. The molecule has 0 aliphatic rings. The van der Waals surface area contributed by atoms with Crippen LogP contribution in [0.15, 0.2) is 29.2 Å². The molecular weight excluding hydrogens is 241 g/mol. The molecule has 0 fully saturated rings. The summed E-state index contributed by atoms with van der Waals surface area (Å²) < 4.78 is 15.3. The van der Waals surface area contributed by atoms with E-state index in [1.807, 2.05) is 25.3 Å². The molecule has 2 aromatic rings. The fourth-order valence-corrected chi connectivity index (χ4v) is 1.99. The average Bonchev–Trinajstić information content (AvgIpc) is 2.19. The van der Waals surface area contributed by atoms with E-state index in [0.717, 1.165) is 0 Å². The van der Waals surface area contributed by atoms with Gasteiger partial charge in [0.25, 0.3) is 0 Å². The van der Waals surface area contributed by atoms with Gasteiger partial charge in [-0.05, 0) is 32.9 Å². The molecule has 1 aromatic heterocycles. The fourth-order valence-electron chi connectivity index (χ4n) is 1.83. The van der Waals surface area contributed by atoms with Crippen LogP contribution in [0.25, 0.3) is 10.9 Å². The van der Waals surface area contributed by atoms with Crippen LogP contribution in [0.1, 0.15) is 20.8 Å². The van der Waals surface area contributed by atoms with E-state index in [9.17, 15) is 9.18 Å². The molecule has 17 heavy (non-hydrogen) atoms. The van der Waals surface area contributed by atoms with Gasteiger partial charge in [0.15, 0.2) is 5.43 Å². The van der Waals surface area contributed by atoms with Crippen molar-refractivity contribution >= 4 is 22.5 Å². The van der Waals surface area contributed by atoms with Gasteiger partial charge in [-0.2, -0.15) is 0 Å². The molecule has 1 aromatic carbocycles. The Hall–Kier alpha value is -1.35. The van der Waals surface area contributed by atoms with Gasteiger partial charge in [0.2, 0.25) is 0 Å². The zero-order valence-corrected chi connectivity index (χ0v) is 10.7. The molecule has 0 saturated heterocycles. The summed E-state index contributed by atoms with van der Waals surface area (Å²) in [7, 11) is 0. The molecule has 0 spiro atoms. The number of benzene rings is 1. The maximum absolute atomic E-state index is 13.4. The van der Waals surface area contributed by atoms with E-state index >= 15 is 0 Å². The first-order valence-corrected chi connectivity index (χ1v) is 5.69. The third-order valence-electron chi connectivity index (χ3n) is 2.66. The molecule has 0 aliphatic heterocycles. The van der Waals surface area contributed by atoms with Crippen molar-refractivity contribution < 1.29 is 4.39 Å². The maximum Gasteiger partial charge on any atom is 0.189 e. The molecule has 1 heterocycles. The van der Waals surface area contributed by atoms with Crippen LogP contribution in [0.2, 0.25) is 5.02 Å². The highest BCUT2D eigenvalue weighted by Crippen LogP contribution is 2.25. The predicted octanol–water partition coefficient (Wildman–Crippen LogP) is 3.55. The van der Waals surface area contributed by atoms with Crippen LogP contribution < -0.4 is 5.43 Å². The number of hydrogen-bond acceptors (Lipinski definition) is 1. The highest BCUT2D eigenvalue weighted by Gasteiger charge is 2.16. The Balaban J connectivity index is 2.95. The SMILES string of the molecule is CC(C)(C)n1ccc(=O)c2cc(F)c(Cl)cc21. The monoisotopic (exact) mass is 253 g/mol. The third-order valence-corrected chi connectivity index (χ3v) is 2.95. The molecular formula is C13H13ClFNO. The van der Waals surface area contributed by atoms with Crippen LogP contribution in [0.5, 0.6) is 0 Å². The van der Waals surface area contributed by atoms with E-state index < -0.39 is 5.82 Å². The molecule has 90 valence electrons. The van der Waals surface area contributed by atoms with Gasteiger partial charge in [0.05, 0.1) is 10.5 Å².